The molecule has 0 unspecified atom stereocenters. The van der Waals surface area contributed by atoms with Gasteiger partial charge in [-0.1, -0.05) is 0 Å². The van der Waals surface area contributed by atoms with Gasteiger partial charge < -0.3 is 5.32 Å². The molecule has 0 aromatic rings. The molecule has 0 fully saturated rings. The van der Waals surface area contributed by atoms with Crippen LogP contribution in [0, 0.1) is 0 Å². The molecule has 0 atom stereocenters. The van der Waals surface area contributed by atoms with Crippen LogP contribution >= 0.6 is 10.7 Å². The lowest BCUT2D eigenvalue weighted by molar-refractivity contribution is -0.119. The van der Waals surface area contributed by atoms with Crippen LogP contribution in [0.3, 0.4) is 0 Å². The van der Waals surface area contributed by atoms with Gasteiger partial charge in [0.1, 0.15) is 5.75 Å². The molecule has 1 N–H and O–H groups in total. The van der Waals surface area contributed by atoms with E-state index in [1.165, 1.54) is 0 Å². The molecule has 11 heavy (non-hydrogen) atoms. The highest BCUT2D eigenvalue weighted by molar-refractivity contribution is 8.14. The van der Waals surface area contributed by atoms with Crippen LogP contribution in [-0.2, 0) is 13.8 Å². The van der Waals surface area contributed by atoms with Crippen molar-refractivity contribution in [3.63, 3.8) is 0 Å². The Bertz CT molecular complexity index is 234. The Balaban J connectivity index is 3.91. The van der Waals surface area contributed by atoms with Crippen LogP contribution in [0.1, 0.15) is 13.8 Å². The third kappa shape index (κ3) is 7.61. The minimum atomic E-state index is -3.71. The van der Waals surface area contributed by atoms with Crippen LogP contribution in [0.4, 0.5) is 0 Å². The summed E-state index contributed by atoms with van der Waals surface area (Å²) in [6.45, 7) is 3.47. The molecule has 6 heteroatoms. The highest BCUT2D eigenvalue weighted by Gasteiger charge is 2.12. The second-order valence-electron chi connectivity index (χ2n) is 2.41. The summed E-state index contributed by atoms with van der Waals surface area (Å²) in [6.07, 6.45) is 0. The summed E-state index contributed by atoms with van der Waals surface area (Å²) in [6, 6.07) is -0.0686. The molecule has 4 nitrogen and oxygen atoms in total. The van der Waals surface area contributed by atoms with Crippen LogP contribution in [0.15, 0.2) is 0 Å². The third-order valence-corrected chi connectivity index (χ3v) is 1.69. The Kier molecular flexibility index (Phi) is 3.82. The zero-order chi connectivity index (χ0) is 9.07. The van der Waals surface area contributed by atoms with Gasteiger partial charge in [0.15, 0.2) is 0 Å². The summed E-state index contributed by atoms with van der Waals surface area (Å²) in [5.41, 5.74) is 0. The normalized spacial score (nSPS) is 11.6. The molecule has 0 saturated heterocycles. The zero-order valence-electron chi connectivity index (χ0n) is 6.30. The van der Waals surface area contributed by atoms with Crippen LogP contribution < -0.4 is 5.32 Å². The number of halogens is 1. The molecule has 0 heterocycles. The van der Waals surface area contributed by atoms with Crippen molar-refractivity contribution >= 4 is 25.6 Å². The van der Waals surface area contributed by atoms with Crippen molar-refractivity contribution in [2.45, 2.75) is 19.9 Å². The first-order valence-corrected chi connectivity index (χ1v) is 5.51. The molecule has 0 rings (SSSR count). The second-order valence-corrected chi connectivity index (χ2v) is 5.18. The van der Waals surface area contributed by atoms with Crippen LogP contribution in [0.2, 0.25) is 0 Å². The summed E-state index contributed by atoms with van der Waals surface area (Å²) in [7, 11) is 1.11. The molecule has 0 bridgehead atoms. The molecule has 0 aliphatic rings. The average Bonchev–Trinajstić information content (AvgIpc) is 1.53. The van der Waals surface area contributed by atoms with E-state index in [2.05, 4.69) is 5.32 Å². The summed E-state index contributed by atoms with van der Waals surface area (Å²) in [4.78, 5) is 10.7. The molecule has 0 radical (unpaired) electrons. The Labute approximate surface area is 70.3 Å². The Morgan fingerprint density at radius 3 is 2.27 bits per heavy atom. The predicted octanol–water partition coefficient (Wildman–Crippen LogP) is 0.0796. The molecule has 0 spiro atoms. The molecule has 66 valence electrons. The van der Waals surface area contributed by atoms with E-state index in [-0.39, 0.29) is 6.04 Å². The van der Waals surface area contributed by atoms with Crippen molar-refractivity contribution in [3.8, 4) is 0 Å². The van der Waals surface area contributed by atoms with Gasteiger partial charge in [0.25, 0.3) is 0 Å². The number of hydrogen-bond acceptors (Lipinski definition) is 3. The topological polar surface area (TPSA) is 63.2 Å². The Morgan fingerprint density at radius 1 is 1.55 bits per heavy atom. The van der Waals surface area contributed by atoms with Gasteiger partial charge in [0, 0.05) is 16.7 Å². The lowest BCUT2D eigenvalue weighted by atomic mass is 10.4. The quantitative estimate of drug-likeness (QED) is 0.655. The fraction of sp³-hybridized carbons (Fsp3) is 0.800. The number of amides is 1. The van der Waals surface area contributed by atoms with Crippen LogP contribution in [0.5, 0.6) is 0 Å². The largest absolute Gasteiger partial charge is 0.353 e. The van der Waals surface area contributed by atoms with E-state index in [0.29, 0.717) is 0 Å². The van der Waals surface area contributed by atoms with Gasteiger partial charge in [-0.25, -0.2) is 8.42 Å². The summed E-state index contributed by atoms with van der Waals surface area (Å²) in [5.74, 6) is -1.23. The van der Waals surface area contributed by atoms with Gasteiger partial charge in [-0.3, -0.25) is 4.79 Å². The zero-order valence-corrected chi connectivity index (χ0v) is 7.87. The monoisotopic (exact) mass is 199 g/mol. The number of nitrogens with one attached hydrogen (secondary N) is 1. The molecule has 0 aromatic carbocycles. The first-order valence-electron chi connectivity index (χ1n) is 3.03. The van der Waals surface area contributed by atoms with Crippen molar-refractivity contribution in [3.05, 3.63) is 0 Å². The number of carbonyl (C=O) groups excluding carboxylic acids is 1. The second kappa shape index (κ2) is 3.92. The molecule has 1 amide bonds. The minimum Gasteiger partial charge on any atom is -0.353 e. The number of hydrogen-bond donors (Lipinski definition) is 1. The van der Waals surface area contributed by atoms with E-state index in [1.807, 2.05) is 0 Å². The standard InChI is InChI=1S/C5H10ClNO3S/c1-4(2)7-5(8)3-11(6,9)10/h4H,3H2,1-2H3,(H,7,8). The lowest BCUT2D eigenvalue weighted by Gasteiger charge is -2.05. The average molecular weight is 200 g/mol. The summed E-state index contributed by atoms with van der Waals surface area (Å²) >= 11 is 0. The molecule has 0 aliphatic carbocycles. The van der Waals surface area contributed by atoms with Crippen molar-refractivity contribution in [2.24, 2.45) is 0 Å². The van der Waals surface area contributed by atoms with E-state index in [9.17, 15) is 13.2 Å². The molecular weight excluding hydrogens is 190 g/mol. The Hall–Kier alpha value is -0.290. The first-order chi connectivity index (χ1) is 4.81. The van der Waals surface area contributed by atoms with Gasteiger partial charge in [0.2, 0.25) is 15.0 Å². The lowest BCUT2D eigenvalue weighted by Crippen LogP contribution is -2.33. The number of carbonyl (C=O) groups is 1. The van der Waals surface area contributed by atoms with Crippen molar-refractivity contribution in [2.75, 3.05) is 5.75 Å². The molecule has 0 aliphatic heterocycles. The third-order valence-electron chi connectivity index (χ3n) is 0.753. The fourth-order valence-corrected chi connectivity index (χ4v) is 1.21. The van der Waals surface area contributed by atoms with Crippen LogP contribution in [-0.4, -0.2) is 26.1 Å². The van der Waals surface area contributed by atoms with E-state index in [0.717, 1.165) is 0 Å². The summed E-state index contributed by atoms with van der Waals surface area (Å²) < 4.78 is 20.7. The highest BCUT2D eigenvalue weighted by Crippen LogP contribution is 1.95. The van der Waals surface area contributed by atoms with Gasteiger partial charge in [-0.05, 0) is 13.8 Å². The summed E-state index contributed by atoms with van der Waals surface area (Å²) in [5, 5.41) is 2.40. The fourth-order valence-electron chi connectivity index (χ4n) is 0.520. The van der Waals surface area contributed by atoms with E-state index in [1.54, 1.807) is 13.8 Å². The maximum Gasteiger partial charge on any atom is 0.241 e. The number of rotatable bonds is 3. The van der Waals surface area contributed by atoms with Crippen LogP contribution in [0.25, 0.3) is 0 Å². The predicted molar refractivity (Wildman–Crippen MR) is 42.9 cm³/mol. The highest BCUT2D eigenvalue weighted by atomic mass is 35.7. The van der Waals surface area contributed by atoms with Gasteiger partial charge in [-0.15, -0.1) is 0 Å². The smallest absolute Gasteiger partial charge is 0.241 e. The molecule has 0 aromatic heterocycles. The minimum absolute atomic E-state index is 0.0686. The van der Waals surface area contributed by atoms with E-state index in [4.69, 9.17) is 10.7 Å². The van der Waals surface area contributed by atoms with Gasteiger partial charge >= 0.3 is 0 Å². The molecule has 0 saturated carbocycles. The van der Waals surface area contributed by atoms with E-state index < -0.39 is 20.7 Å². The Morgan fingerprint density at radius 2 is 2.00 bits per heavy atom. The van der Waals surface area contributed by atoms with Crippen molar-refractivity contribution in [1.82, 2.24) is 5.32 Å². The van der Waals surface area contributed by atoms with Crippen molar-refractivity contribution < 1.29 is 13.2 Å². The van der Waals surface area contributed by atoms with Crippen molar-refractivity contribution in [1.29, 1.82) is 0 Å². The maximum atomic E-state index is 10.7. The van der Waals surface area contributed by atoms with Gasteiger partial charge in [0.05, 0.1) is 0 Å². The molecular formula is C5H10ClNO3S. The van der Waals surface area contributed by atoms with E-state index >= 15 is 0 Å². The first kappa shape index (κ1) is 10.7. The SMILES string of the molecule is CC(C)NC(=O)CS(=O)(=O)Cl. The maximum absolute atomic E-state index is 10.7. The van der Waals surface area contributed by atoms with Gasteiger partial charge in [-0.2, -0.15) is 0 Å².